The highest BCUT2D eigenvalue weighted by atomic mass is 31.1. The number of hydrogen-bond donors (Lipinski definition) is 0. The van der Waals surface area contributed by atoms with Gasteiger partial charge in [0.25, 0.3) is 0 Å². The van der Waals surface area contributed by atoms with Gasteiger partial charge in [0.1, 0.15) is 115 Å². The van der Waals surface area contributed by atoms with Crippen molar-refractivity contribution in [3.8, 4) is 115 Å². The first kappa shape index (κ1) is 78.7. The maximum Gasteiger partial charge on any atom is 0.143 e. The summed E-state index contributed by atoms with van der Waals surface area (Å²) in [5, 5.41) is 38.2. The van der Waals surface area contributed by atoms with E-state index < -0.39 is 39.6 Å². The predicted molar refractivity (Wildman–Crippen MR) is 567 cm³/mol. The average molecular weight is 1850 g/mol. The van der Waals surface area contributed by atoms with Crippen molar-refractivity contribution in [2.45, 2.75) is 0 Å². The van der Waals surface area contributed by atoms with Gasteiger partial charge >= 0.3 is 0 Å². The average Bonchev–Trinajstić information content (AvgIpc) is 0.712. The molecule has 0 amide bonds. The van der Waals surface area contributed by atoms with Crippen LogP contribution in [-0.4, -0.2) is 0 Å². The Bertz CT molecular complexity index is 8720. The summed E-state index contributed by atoms with van der Waals surface area (Å²) in [5.41, 5.74) is 0. The minimum Gasteiger partial charge on any atom is -0.456 e. The zero-order chi connectivity index (χ0) is 89.6. The summed E-state index contributed by atoms with van der Waals surface area (Å²) in [7, 11) is -3.67. The predicted octanol–water partition coefficient (Wildman–Crippen LogP) is 27.5. The van der Waals surface area contributed by atoms with Gasteiger partial charge in [-0.2, -0.15) is 0 Å². The molecule has 0 aromatic heterocycles. The molecule has 1 unspecified atom stereocenters. The van der Waals surface area contributed by atoms with Gasteiger partial charge in [0.15, 0.2) is 0 Å². The lowest BCUT2D eigenvalue weighted by Gasteiger charge is -2.35. The van der Waals surface area contributed by atoms with Crippen LogP contribution in [-0.2, 0) is 0 Å². The molecule has 0 saturated carbocycles. The molecule has 0 aliphatic carbocycles. The van der Waals surface area contributed by atoms with Gasteiger partial charge in [-0.15, -0.1) is 0 Å². The Morgan fingerprint density at radius 3 is 0.672 bits per heavy atom. The Morgan fingerprint density at radius 1 is 0.109 bits per heavy atom. The topological polar surface area (TPSA) is 92.3 Å². The van der Waals surface area contributed by atoms with Crippen LogP contribution >= 0.6 is 39.6 Å². The van der Waals surface area contributed by atoms with Gasteiger partial charge in [-0.1, -0.05) is 291 Å². The van der Waals surface area contributed by atoms with E-state index in [9.17, 15) is 0 Å². The van der Waals surface area contributed by atoms with Gasteiger partial charge in [-0.25, -0.2) is 0 Å². The largest absolute Gasteiger partial charge is 0.456 e. The highest BCUT2D eigenvalue weighted by Gasteiger charge is 2.45. The van der Waals surface area contributed by atoms with Crippen molar-refractivity contribution in [3.63, 3.8) is 0 Å². The standard InChI is InChI=1S/4C26H15O2P.C18H11O2P/c1-3-8-18-14-24-22(12-16(18)6-1)27-20-10-5-11-21-26(20)29(24)25-15-19-9-4-2-7-17(19)13-23(25)28-21;1-3-8-18-16(6-1)12-14-22-24(18)27-20-10-5-11-21-26(20)29(22)23-15-13-17-7-2-4-9-19(17)25(23)28-21;1-3-8-18-16(6-1)12-14-22-24(18)29-25-19-9-4-2-7-17(19)13-15-23(25)28-21-11-5-10-20(27-22)26(21)29;1-2-8-18-15-24-23(14-17(18)7-1)28-21-11-5-10-20-26(21)29(24)25-19-9-4-3-6-16(19)12-13-22(25)27-20;1-3-10-16-12(6-1)19-14-8-5-9-15-18(14)21(16)17-11-4-2-7-13(17)20-15/h4*1-15H;1-11H. The van der Waals surface area contributed by atoms with Crippen LogP contribution in [0.1, 0.15) is 0 Å². The Kier molecular flexibility index (Phi) is 18.1. The van der Waals surface area contributed by atoms with Gasteiger partial charge in [0.2, 0.25) is 0 Å². The third-order valence-electron chi connectivity index (χ3n) is 27.0. The molecular formula is C122H71O10P5. The van der Waals surface area contributed by atoms with E-state index >= 15 is 0 Å². The Morgan fingerprint density at radius 2 is 0.321 bits per heavy atom. The molecule has 10 aliphatic heterocycles. The smallest absolute Gasteiger partial charge is 0.143 e. The van der Waals surface area contributed by atoms with Crippen molar-refractivity contribution in [3.05, 3.63) is 431 Å². The van der Waals surface area contributed by atoms with Crippen molar-refractivity contribution in [2.24, 2.45) is 0 Å². The first-order chi connectivity index (χ1) is 67.9. The fourth-order valence-corrected chi connectivity index (χ4v) is 34.4. The van der Waals surface area contributed by atoms with Crippen LogP contribution < -0.4 is 127 Å². The summed E-state index contributed by atoms with van der Waals surface area (Å²) >= 11 is 0. The first-order valence-electron chi connectivity index (χ1n) is 45.7. The maximum atomic E-state index is 6.48. The van der Waals surface area contributed by atoms with E-state index in [0.29, 0.717) is 0 Å². The molecule has 0 saturated heterocycles. The molecule has 23 aromatic rings. The van der Waals surface area contributed by atoms with Crippen LogP contribution in [0.3, 0.4) is 0 Å². The molecule has 10 heterocycles. The summed E-state index contributed by atoms with van der Waals surface area (Å²) in [6, 6.07) is 151. The van der Waals surface area contributed by atoms with Crippen LogP contribution in [0, 0.1) is 0 Å². The van der Waals surface area contributed by atoms with E-state index in [1.54, 1.807) is 0 Å². The highest BCUT2D eigenvalue weighted by molar-refractivity contribution is 7.83. The van der Waals surface area contributed by atoms with E-state index in [0.717, 1.165) is 126 Å². The van der Waals surface area contributed by atoms with Crippen LogP contribution in [0.25, 0.3) is 86.2 Å². The maximum absolute atomic E-state index is 6.48. The second-order valence-corrected chi connectivity index (χ2v) is 45.1. The first-order valence-corrected chi connectivity index (χ1v) is 52.4. The summed E-state index contributed by atoms with van der Waals surface area (Å²) < 4.78 is 63.4. The van der Waals surface area contributed by atoms with Gasteiger partial charge in [0, 0.05) is 103 Å². The number of rotatable bonds is 0. The molecular weight excluding hydrogens is 1780 g/mol. The minimum absolute atomic E-state index is 0.601. The SMILES string of the molecule is c1cc2c3c(c1)Oc1c(ccc4ccccc14)P3c1ccc3ccccc3c1O2.c1cc2c3c(c1)Oc1cc4ccccc4cc1P3c1cc3ccccc3cc1O2.c1cc2c3c(c1)Oc1ccc4ccccc4c1P3c1c(ccc3ccccc13)O2.c1cc2c3c(c1)Oc1ccc4ccccc4c1P3c1cc3ccccc3cc1O2.c1ccc2c(c1)Oc1cccc3c1P2c1ccccc1O3. The second-order valence-electron chi connectivity index (χ2n) is 34.8. The zero-order valence-electron chi connectivity index (χ0n) is 72.8. The van der Waals surface area contributed by atoms with Crippen molar-refractivity contribution in [1.29, 1.82) is 0 Å². The lowest BCUT2D eigenvalue weighted by molar-refractivity contribution is 0.466. The quantitative estimate of drug-likeness (QED) is 0.137. The lowest BCUT2D eigenvalue weighted by Crippen LogP contribution is -2.32. The van der Waals surface area contributed by atoms with Crippen molar-refractivity contribution >= 4 is 205 Å². The number of fused-ring (bicyclic) bond motifs is 33. The molecule has 644 valence electrons. The third kappa shape index (κ3) is 12.6. The Balaban J connectivity index is 0.0000000831. The van der Waals surface area contributed by atoms with Crippen LogP contribution in [0.5, 0.6) is 115 Å². The summed E-state index contributed by atoms with van der Waals surface area (Å²) in [5.74, 6) is 18.8. The van der Waals surface area contributed by atoms with E-state index in [-0.39, 0.29) is 0 Å². The molecule has 0 fully saturated rings. The molecule has 0 N–H and O–H groups in total. The molecule has 33 rings (SSSR count). The van der Waals surface area contributed by atoms with Gasteiger partial charge in [0.05, 0.1) is 26.5 Å². The molecule has 137 heavy (non-hydrogen) atoms. The molecule has 10 aliphatic rings. The Labute approximate surface area is 792 Å². The molecule has 10 nitrogen and oxygen atoms in total. The van der Waals surface area contributed by atoms with Gasteiger partial charge < -0.3 is 47.4 Å². The van der Waals surface area contributed by atoms with Crippen LogP contribution in [0.15, 0.2) is 431 Å². The number of para-hydroxylation sites is 2. The summed E-state index contributed by atoms with van der Waals surface area (Å²) in [4.78, 5) is 0. The normalized spacial score (nSPS) is 14.4. The molecule has 15 heteroatoms. The highest BCUT2D eigenvalue weighted by Crippen LogP contribution is 2.61. The molecule has 0 radical (unpaired) electrons. The van der Waals surface area contributed by atoms with Crippen molar-refractivity contribution < 1.29 is 47.4 Å². The number of benzene rings is 23. The minimum atomic E-state index is -0.801. The van der Waals surface area contributed by atoms with Crippen molar-refractivity contribution in [2.75, 3.05) is 0 Å². The molecule has 1 atom stereocenters. The van der Waals surface area contributed by atoms with Gasteiger partial charge in [-0.3, -0.25) is 0 Å². The number of hydrogen-bond acceptors (Lipinski definition) is 10. The summed E-state index contributed by atoms with van der Waals surface area (Å²) in [6.45, 7) is 0. The summed E-state index contributed by atoms with van der Waals surface area (Å²) in [6.07, 6.45) is 0. The molecule has 0 spiro atoms. The fourth-order valence-electron chi connectivity index (χ4n) is 20.9. The van der Waals surface area contributed by atoms with Gasteiger partial charge in [-0.05, 0) is 215 Å². The van der Waals surface area contributed by atoms with E-state index in [2.05, 4.69) is 364 Å². The molecule has 23 aromatic carbocycles. The second kappa shape index (κ2) is 31.5. The fraction of sp³-hybridized carbons (Fsp3) is 0. The third-order valence-corrected chi connectivity index (χ3v) is 40.0. The Hall–Kier alpha value is -15.7. The van der Waals surface area contributed by atoms with E-state index in [1.807, 2.05) is 66.7 Å². The van der Waals surface area contributed by atoms with E-state index in [4.69, 9.17) is 47.4 Å². The monoisotopic (exact) mass is 1850 g/mol. The lowest BCUT2D eigenvalue weighted by atomic mass is 10.1. The van der Waals surface area contributed by atoms with Crippen molar-refractivity contribution in [1.82, 2.24) is 0 Å². The molecule has 0 bridgehead atoms. The zero-order valence-corrected chi connectivity index (χ0v) is 77.3. The number of ether oxygens (including phenoxy) is 10. The van der Waals surface area contributed by atoms with E-state index in [1.165, 1.54) is 155 Å². The van der Waals surface area contributed by atoms with Crippen LogP contribution in [0.4, 0.5) is 0 Å². The van der Waals surface area contributed by atoms with Crippen LogP contribution in [0.2, 0.25) is 0 Å².